The molecule has 2 aromatic rings. The molecule has 2 amide bonds. The number of nitrogens with zero attached hydrogens (tertiary/aromatic N) is 1. The molecule has 35 heavy (non-hydrogen) atoms. The highest BCUT2D eigenvalue weighted by molar-refractivity contribution is 5.80. The van der Waals surface area contributed by atoms with E-state index in [1.54, 1.807) is 4.90 Å². The van der Waals surface area contributed by atoms with Gasteiger partial charge in [-0.05, 0) is 28.7 Å². The van der Waals surface area contributed by atoms with Crippen LogP contribution in [0.25, 0.3) is 11.1 Å². The van der Waals surface area contributed by atoms with Crippen molar-refractivity contribution in [1.82, 2.24) is 10.2 Å². The lowest BCUT2D eigenvalue weighted by Crippen LogP contribution is -2.48. The van der Waals surface area contributed by atoms with Gasteiger partial charge in [0, 0.05) is 31.5 Å². The summed E-state index contributed by atoms with van der Waals surface area (Å²) in [6, 6.07) is 16.0. The van der Waals surface area contributed by atoms with Gasteiger partial charge in [-0.15, -0.1) is 0 Å². The van der Waals surface area contributed by atoms with Gasteiger partial charge < -0.3 is 24.8 Å². The average molecular weight is 481 g/mol. The molecule has 1 fully saturated rings. The number of amides is 2. The van der Waals surface area contributed by atoms with Crippen molar-refractivity contribution >= 4 is 18.0 Å². The van der Waals surface area contributed by atoms with Gasteiger partial charge in [-0.2, -0.15) is 0 Å². The third-order valence-corrected chi connectivity index (χ3v) is 6.62. The molecule has 0 aromatic heterocycles. The van der Waals surface area contributed by atoms with Crippen molar-refractivity contribution in [2.24, 2.45) is 0 Å². The Morgan fingerprint density at radius 3 is 2.40 bits per heavy atom. The van der Waals surface area contributed by atoms with Gasteiger partial charge in [-0.25, -0.2) is 4.79 Å². The molecule has 1 unspecified atom stereocenters. The fraction of sp³-hybridized carbons (Fsp3) is 0.444. The highest BCUT2D eigenvalue weighted by atomic mass is 16.5. The monoisotopic (exact) mass is 480 g/mol. The molecule has 2 aliphatic rings. The van der Waals surface area contributed by atoms with Crippen molar-refractivity contribution in [3.63, 3.8) is 0 Å². The van der Waals surface area contributed by atoms with E-state index in [0.717, 1.165) is 17.5 Å². The predicted molar refractivity (Wildman–Crippen MR) is 130 cm³/mol. The smallest absolute Gasteiger partial charge is 0.407 e. The van der Waals surface area contributed by atoms with Crippen LogP contribution in [0.15, 0.2) is 48.5 Å². The Hall–Kier alpha value is -3.39. The van der Waals surface area contributed by atoms with E-state index in [4.69, 9.17) is 14.6 Å². The summed E-state index contributed by atoms with van der Waals surface area (Å²) in [5.41, 5.74) is 4.62. The molecule has 186 valence electrons. The van der Waals surface area contributed by atoms with E-state index < -0.39 is 18.2 Å². The van der Waals surface area contributed by atoms with Gasteiger partial charge in [0.2, 0.25) is 5.91 Å². The number of fused-ring (bicyclic) bond motifs is 3. The van der Waals surface area contributed by atoms with E-state index >= 15 is 0 Å². The Morgan fingerprint density at radius 1 is 1.11 bits per heavy atom. The number of carboxylic acids is 1. The number of rotatable bonds is 9. The van der Waals surface area contributed by atoms with Crippen LogP contribution in [-0.2, 0) is 19.1 Å². The quantitative estimate of drug-likeness (QED) is 0.566. The summed E-state index contributed by atoms with van der Waals surface area (Å²) in [6.07, 6.45) is 0.386. The predicted octanol–water partition coefficient (Wildman–Crippen LogP) is 3.79. The molecule has 2 N–H and O–H groups in total. The van der Waals surface area contributed by atoms with E-state index in [2.05, 4.69) is 29.6 Å². The normalized spacial score (nSPS) is 17.9. The van der Waals surface area contributed by atoms with Crippen LogP contribution in [0, 0.1) is 0 Å². The van der Waals surface area contributed by atoms with E-state index in [9.17, 15) is 14.4 Å². The number of aliphatic carboxylic acids is 1. The first-order valence-corrected chi connectivity index (χ1v) is 12.2. The van der Waals surface area contributed by atoms with E-state index in [1.807, 2.05) is 31.2 Å². The fourth-order valence-electron chi connectivity index (χ4n) is 4.98. The topological polar surface area (TPSA) is 105 Å². The number of nitrogens with one attached hydrogen (secondary N) is 1. The molecular weight excluding hydrogens is 448 g/mol. The van der Waals surface area contributed by atoms with Crippen molar-refractivity contribution in [2.75, 3.05) is 26.3 Å². The minimum absolute atomic E-state index is 0.0288. The Morgan fingerprint density at radius 2 is 1.77 bits per heavy atom. The molecule has 1 saturated heterocycles. The number of morpholine rings is 1. The molecule has 1 aliphatic carbocycles. The lowest BCUT2D eigenvalue weighted by molar-refractivity contribution is -0.148. The molecule has 8 heteroatoms. The molecule has 0 bridgehead atoms. The number of carbonyl (C=O) groups excluding carboxylic acids is 2. The second kappa shape index (κ2) is 11.4. The van der Waals surface area contributed by atoms with Gasteiger partial charge in [0.05, 0.1) is 19.1 Å². The fourth-order valence-corrected chi connectivity index (χ4v) is 4.98. The minimum atomic E-state index is -0.954. The zero-order valence-corrected chi connectivity index (χ0v) is 19.9. The van der Waals surface area contributed by atoms with Crippen LogP contribution >= 0.6 is 0 Å². The van der Waals surface area contributed by atoms with Gasteiger partial charge in [-0.3, -0.25) is 9.59 Å². The standard InChI is InChI=1S/C27H32N2O6/c1-2-7-18(14-25(30)29-12-13-34-19(16-29)15-26(31)32)28-27(33)35-17-24-22-10-5-3-8-20(22)21-9-4-6-11-23(21)24/h3-6,8-11,18-19,24H,2,7,12-17H2,1H3,(H,28,33)(H,31,32)/t18-,19?/m1/s1. The van der Waals surface area contributed by atoms with Crippen LogP contribution in [-0.4, -0.2) is 66.4 Å². The SMILES string of the molecule is CCC[C@H](CC(=O)N1CCOC(CC(=O)O)C1)NC(=O)OCC1c2ccccc2-c2ccccc21. The molecule has 1 aliphatic heterocycles. The second-order valence-electron chi connectivity index (χ2n) is 9.09. The minimum Gasteiger partial charge on any atom is -0.481 e. The zero-order valence-electron chi connectivity index (χ0n) is 19.9. The third kappa shape index (κ3) is 6.00. The number of ether oxygens (including phenoxy) is 2. The van der Waals surface area contributed by atoms with E-state index in [-0.39, 0.29) is 43.9 Å². The zero-order chi connectivity index (χ0) is 24.8. The first-order valence-electron chi connectivity index (χ1n) is 12.2. The van der Waals surface area contributed by atoms with E-state index in [0.29, 0.717) is 19.6 Å². The summed E-state index contributed by atoms with van der Waals surface area (Å²) in [5.74, 6) is -1.11. The number of benzene rings is 2. The van der Waals surface area contributed by atoms with Crippen LogP contribution in [0.4, 0.5) is 4.79 Å². The van der Waals surface area contributed by atoms with Gasteiger partial charge in [-0.1, -0.05) is 61.9 Å². The molecular formula is C27H32N2O6. The summed E-state index contributed by atoms with van der Waals surface area (Å²) in [7, 11) is 0. The number of hydrogen-bond donors (Lipinski definition) is 2. The molecule has 0 radical (unpaired) electrons. The maximum absolute atomic E-state index is 12.9. The third-order valence-electron chi connectivity index (χ3n) is 6.62. The number of carboxylic acid groups (broad SMARTS) is 1. The summed E-state index contributed by atoms with van der Waals surface area (Å²) in [4.78, 5) is 38.2. The van der Waals surface area contributed by atoms with Crippen molar-refractivity contribution in [2.45, 2.75) is 50.7 Å². The van der Waals surface area contributed by atoms with Gasteiger partial charge in [0.1, 0.15) is 6.61 Å². The first-order chi connectivity index (χ1) is 17.0. The summed E-state index contributed by atoms with van der Waals surface area (Å²) < 4.78 is 11.1. The first kappa shape index (κ1) is 24.7. The number of hydrogen-bond acceptors (Lipinski definition) is 5. The van der Waals surface area contributed by atoms with Crippen molar-refractivity contribution in [3.05, 3.63) is 59.7 Å². The molecule has 4 rings (SSSR count). The molecule has 8 nitrogen and oxygen atoms in total. The lowest BCUT2D eigenvalue weighted by atomic mass is 9.98. The number of carbonyl (C=O) groups is 3. The molecule has 2 atom stereocenters. The summed E-state index contributed by atoms with van der Waals surface area (Å²) in [5, 5.41) is 11.9. The van der Waals surface area contributed by atoms with Crippen LogP contribution in [0.2, 0.25) is 0 Å². The van der Waals surface area contributed by atoms with Crippen LogP contribution in [0.5, 0.6) is 0 Å². The largest absolute Gasteiger partial charge is 0.481 e. The Labute approximate surface area is 205 Å². The van der Waals surface area contributed by atoms with Crippen LogP contribution in [0.1, 0.15) is 49.7 Å². The van der Waals surface area contributed by atoms with Crippen molar-refractivity contribution in [3.8, 4) is 11.1 Å². The molecule has 0 spiro atoms. The highest BCUT2D eigenvalue weighted by Gasteiger charge is 2.30. The van der Waals surface area contributed by atoms with Gasteiger partial charge >= 0.3 is 12.1 Å². The molecule has 1 heterocycles. The maximum atomic E-state index is 12.9. The van der Waals surface area contributed by atoms with Crippen LogP contribution < -0.4 is 5.32 Å². The van der Waals surface area contributed by atoms with Gasteiger partial charge in [0.15, 0.2) is 0 Å². The molecule has 0 saturated carbocycles. The van der Waals surface area contributed by atoms with Crippen molar-refractivity contribution < 1.29 is 29.0 Å². The van der Waals surface area contributed by atoms with Crippen molar-refractivity contribution in [1.29, 1.82) is 0 Å². The lowest BCUT2D eigenvalue weighted by Gasteiger charge is -2.33. The summed E-state index contributed by atoms with van der Waals surface area (Å²) in [6.45, 7) is 3.18. The Balaban J connectivity index is 1.33. The van der Waals surface area contributed by atoms with Crippen LogP contribution in [0.3, 0.4) is 0 Å². The Bertz CT molecular complexity index is 1030. The highest BCUT2D eigenvalue weighted by Crippen LogP contribution is 2.44. The molecule has 2 aromatic carbocycles. The maximum Gasteiger partial charge on any atom is 0.407 e. The van der Waals surface area contributed by atoms with Gasteiger partial charge in [0.25, 0.3) is 0 Å². The summed E-state index contributed by atoms with van der Waals surface area (Å²) >= 11 is 0. The number of alkyl carbamates (subject to hydrolysis) is 1. The Kier molecular flexibility index (Phi) is 8.02. The second-order valence-corrected chi connectivity index (χ2v) is 9.09. The average Bonchev–Trinajstić information content (AvgIpc) is 3.16. The van der Waals surface area contributed by atoms with E-state index in [1.165, 1.54) is 11.1 Å².